The van der Waals surface area contributed by atoms with E-state index in [4.69, 9.17) is 4.74 Å². The van der Waals surface area contributed by atoms with Crippen molar-refractivity contribution < 1.29 is 18.1 Å². The SMILES string of the molecule is Cc1ccc(OCC[NH+]2CCN(S(=O)(=O)c3cccs3)CC2)cc1. The highest BCUT2D eigenvalue weighted by Gasteiger charge is 2.30. The van der Waals surface area contributed by atoms with Gasteiger partial charge in [0, 0.05) is 0 Å². The smallest absolute Gasteiger partial charge is 0.252 e. The monoisotopic (exact) mass is 367 g/mol. The molecule has 1 aliphatic rings. The molecule has 7 heteroatoms. The summed E-state index contributed by atoms with van der Waals surface area (Å²) in [5.41, 5.74) is 1.22. The lowest BCUT2D eigenvalue weighted by Gasteiger charge is -2.31. The standard InChI is InChI=1S/C17H22N2O3S2/c1-15-4-6-16(7-5-15)22-13-12-18-8-10-19(11-9-18)24(20,21)17-3-2-14-23-17/h2-7,14H,8-13H2,1H3/p+1. The molecule has 2 aromatic rings. The van der Waals surface area contributed by atoms with Crippen LogP contribution >= 0.6 is 11.3 Å². The zero-order valence-electron chi connectivity index (χ0n) is 13.8. The zero-order valence-corrected chi connectivity index (χ0v) is 15.4. The molecule has 1 fully saturated rings. The van der Waals surface area contributed by atoms with Gasteiger partial charge in [0.1, 0.15) is 23.1 Å². The number of ether oxygens (including phenoxy) is 1. The molecular weight excluding hydrogens is 344 g/mol. The van der Waals surface area contributed by atoms with E-state index < -0.39 is 10.0 Å². The maximum absolute atomic E-state index is 12.5. The Morgan fingerprint density at radius 3 is 2.50 bits per heavy atom. The van der Waals surface area contributed by atoms with Gasteiger partial charge in [-0.3, -0.25) is 0 Å². The van der Waals surface area contributed by atoms with E-state index in [1.54, 1.807) is 21.8 Å². The van der Waals surface area contributed by atoms with Crippen LogP contribution in [-0.2, 0) is 10.0 Å². The summed E-state index contributed by atoms with van der Waals surface area (Å²) < 4.78 is 32.8. The fraction of sp³-hybridized carbons (Fsp3) is 0.412. The predicted molar refractivity (Wildman–Crippen MR) is 95.3 cm³/mol. The summed E-state index contributed by atoms with van der Waals surface area (Å²) in [6.45, 7) is 6.37. The number of hydrogen-bond donors (Lipinski definition) is 1. The molecule has 0 radical (unpaired) electrons. The average molecular weight is 368 g/mol. The molecule has 0 unspecified atom stereocenters. The summed E-state index contributed by atoms with van der Waals surface area (Å²) >= 11 is 1.28. The number of quaternary nitrogens is 1. The summed E-state index contributed by atoms with van der Waals surface area (Å²) in [5.74, 6) is 0.888. The van der Waals surface area contributed by atoms with E-state index in [-0.39, 0.29) is 0 Å². The van der Waals surface area contributed by atoms with Crippen LogP contribution in [0.4, 0.5) is 0 Å². The number of nitrogens with one attached hydrogen (secondary N) is 1. The molecule has 0 saturated carbocycles. The summed E-state index contributed by atoms with van der Waals surface area (Å²) in [6.07, 6.45) is 0. The zero-order chi connectivity index (χ0) is 17.0. The second kappa shape index (κ2) is 7.65. The molecule has 2 heterocycles. The molecule has 130 valence electrons. The van der Waals surface area contributed by atoms with Crippen molar-refractivity contribution >= 4 is 21.4 Å². The van der Waals surface area contributed by atoms with Gasteiger partial charge in [0.2, 0.25) is 0 Å². The van der Waals surface area contributed by atoms with Gasteiger partial charge >= 0.3 is 0 Å². The first-order valence-electron chi connectivity index (χ1n) is 8.12. The van der Waals surface area contributed by atoms with E-state index in [1.165, 1.54) is 21.8 Å². The second-order valence-corrected chi connectivity index (χ2v) is 9.11. The van der Waals surface area contributed by atoms with Gasteiger partial charge < -0.3 is 9.64 Å². The van der Waals surface area contributed by atoms with E-state index in [9.17, 15) is 8.42 Å². The van der Waals surface area contributed by atoms with Crippen LogP contribution in [0.25, 0.3) is 0 Å². The number of piperazine rings is 1. The minimum Gasteiger partial charge on any atom is -0.488 e. The van der Waals surface area contributed by atoms with Gasteiger partial charge in [-0.15, -0.1) is 11.3 Å². The summed E-state index contributed by atoms with van der Waals surface area (Å²) in [6, 6.07) is 11.5. The number of sulfonamides is 1. The third-order valence-electron chi connectivity index (χ3n) is 4.26. The first-order chi connectivity index (χ1) is 11.6. The first kappa shape index (κ1) is 17.4. The summed E-state index contributed by atoms with van der Waals surface area (Å²) in [4.78, 5) is 1.39. The molecule has 3 rings (SSSR count). The maximum Gasteiger partial charge on any atom is 0.252 e. The number of benzene rings is 1. The quantitative estimate of drug-likeness (QED) is 0.830. The van der Waals surface area contributed by atoms with E-state index in [2.05, 4.69) is 6.92 Å². The van der Waals surface area contributed by atoms with E-state index in [1.807, 2.05) is 24.3 Å². The molecule has 1 N–H and O–H groups in total. The van der Waals surface area contributed by atoms with E-state index >= 15 is 0 Å². The Labute approximate surface area is 147 Å². The third kappa shape index (κ3) is 4.16. The molecular formula is C17H23N2O3S2+. The van der Waals surface area contributed by atoms with E-state index in [0.717, 1.165) is 25.4 Å². The molecule has 1 aliphatic heterocycles. The largest absolute Gasteiger partial charge is 0.488 e. The normalized spacial score (nSPS) is 17.0. The van der Waals surface area contributed by atoms with Gasteiger partial charge in [-0.1, -0.05) is 23.8 Å². The lowest BCUT2D eigenvalue weighted by molar-refractivity contribution is -0.903. The summed E-state index contributed by atoms with van der Waals surface area (Å²) in [5, 5.41) is 1.80. The number of aryl methyl sites for hydroxylation is 1. The topological polar surface area (TPSA) is 51.1 Å². The van der Waals surface area contributed by atoms with Crippen LogP contribution in [0.15, 0.2) is 46.0 Å². The molecule has 5 nitrogen and oxygen atoms in total. The van der Waals surface area contributed by atoms with Gasteiger partial charge in [0.15, 0.2) is 0 Å². The van der Waals surface area contributed by atoms with E-state index in [0.29, 0.717) is 23.9 Å². The first-order valence-corrected chi connectivity index (χ1v) is 10.4. The Kier molecular flexibility index (Phi) is 5.55. The van der Waals surface area contributed by atoms with Crippen molar-refractivity contribution in [3.8, 4) is 5.75 Å². The Morgan fingerprint density at radius 2 is 1.88 bits per heavy atom. The number of hydrogen-bond acceptors (Lipinski definition) is 4. The third-order valence-corrected chi connectivity index (χ3v) is 7.54. The Hall–Kier alpha value is -1.41. The Morgan fingerprint density at radius 1 is 1.17 bits per heavy atom. The maximum atomic E-state index is 12.5. The molecule has 0 aliphatic carbocycles. The van der Waals surface area contributed by atoms with Crippen molar-refractivity contribution in [2.45, 2.75) is 11.1 Å². The van der Waals surface area contributed by atoms with Crippen molar-refractivity contribution in [3.63, 3.8) is 0 Å². The number of nitrogens with zero attached hydrogens (tertiary/aromatic N) is 1. The van der Waals surface area contributed by atoms with Crippen LogP contribution in [0.2, 0.25) is 0 Å². The number of rotatable bonds is 6. The van der Waals surface area contributed by atoms with Gasteiger partial charge in [-0.05, 0) is 30.5 Å². The highest BCUT2D eigenvalue weighted by atomic mass is 32.2. The van der Waals surface area contributed by atoms with Crippen LogP contribution in [0.3, 0.4) is 0 Å². The molecule has 1 aromatic heterocycles. The molecule has 0 atom stereocenters. The van der Waals surface area contributed by atoms with Crippen molar-refractivity contribution in [2.24, 2.45) is 0 Å². The fourth-order valence-corrected chi connectivity index (χ4v) is 5.36. The Balaban J connectivity index is 1.45. The molecule has 1 aromatic carbocycles. The average Bonchev–Trinajstić information content (AvgIpc) is 3.13. The molecule has 1 saturated heterocycles. The Bertz CT molecular complexity index is 735. The lowest BCUT2D eigenvalue weighted by Crippen LogP contribution is -3.15. The van der Waals surface area contributed by atoms with Gasteiger partial charge in [-0.25, -0.2) is 8.42 Å². The fourth-order valence-electron chi connectivity index (χ4n) is 2.78. The minimum absolute atomic E-state index is 0.439. The number of thiophene rings is 1. The second-order valence-electron chi connectivity index (χ2n) is 6.00. The highest BCUT2D eigenvalue weighted by Crippen LogP contribution is 2.20. The minimum atomic E-state index is -3.30. The van der Waals surface area contributed by atoms with Crippen LogP contribution in [0.5, 0.6) is 5.75 Å². The molecule has 0 bridgehead atoms. The van der Waals surface area contributed by atoms with Crippen molar-refractivity contribution in [2.75, 3.05) is 39.3 Å². The van der Waals surface area contributed by atoms with Gasteiger partial charge in [0.05, 0.1) is 26.2 Å². The highest BCUT2D eigenvalue weighted by molar-refractivity contribution is 7.91. The molecule has 0 amide bonds. The van der Waals surface area contributed by atoms with Crippen LogP contribution in [0, 0.1) is 6.92 Å². The van der Waals surface area contributed by atoms with Gasteiger partial charge in [-0.2, -0.15) is 4.31 Å². The van der Waals surface area contributed by atoms with Gasteiger partial charge in [0.25, 0.3) is 10.0 Å². The van der Waals surface area contributed by atoms with Crippen LogP contribution in [0.1, 0.15) is 5.56 Å². The van der Waals surface area contributed by atoms with Crippen molar-refractivity contribution in [3.05, 3.63) is 47.3 Å². The molecule has 0 spiro atoms. The van der Waals surface area contributed by atoms with Crippen LogP contribution in [-0.4, -0.2) is 52.1 Å². The van der Waals surface area contributed by atoms with Crippen LogP contribution < -0.4 is 9.64 Å². The van der Waals surface area contributed by atoms with Crippen molar-refractivity contribution in [1.29, 1.82) is 0 Å². The molecule has 24 heavy (non-hydrogen) atoms. The predicted octanol–water partition coefficient (Wildman–Crippen LogP) is 1.02. The lowest BCUT2D eigenvalue weighted by atomic mass is 10.2. The summed E-state index contributed by atoms with van der Waals surface area (Å²) in [7, 11) is -3.30. The van der Waals surface area contributed by atoms with Crippen molar-refractivity contribution in [1.82, 2.24) is 4.31 Å².